The summed E-state index contributed by atoms with van der Waals surface area (Å²) in [5, 5.41) is 5.89. The van der Waals surface area contributed by atoms with Gasteiger partial charge in [0.2, 0.25) is 12.7 Å². The van der Waals surface area contributed by atoms with Crippen LogP contribution in [0.25, 0.3) is 0 Å². The van der Waals surface area contributed by atoms with E-state index in [0.717, 1.165) is 26.2 Å². The summed E-state index contributed by atoms with van der Waals surface area (Å²) < 4.78 is 9.73. The number of piperidine rings is 2. The number of likely N-dealkylation sites (tertiary alicyclic amines) is 2. The first-order valence-electron chi connectivity index (χ1n) is 8.77. The van der Waals surface area contributed by atoms with Crippen LogP contribution in [0.5, 0.6) is 0 Å². The second kappa shape index (κ2) is 13.1. The van der Waals surface area contributed by atoms with Crippen molar-refractivity contribution in [1.29, 1.82) is 0 Å². The molecule has 2 N–H and O–H groups in total. The minimum absolute atomic E-state index is 0.234. The third-order valence-electron chi connectivity index (χ3n) is 4.31. The van der Waals surface area contributed by atoms with Gasteiger partial charge in [0.15, 0.2) is 0 Å². The van der Waals surface area contributed by atoms with Crippen LogP contribution in [0.4, 0.5) is 0 Å². The highest BCUT2D eigenvalue weighted by atomic mass is 16.6. The van der Waals surface area contributed by atoms with Crippen molar-refractivity contribution in [1.82, 2.24) is 20.4 Å². The van der Waals surface area contributed by atoms with Gasteiger partial charge in [0.05, 0.1) is 0 Å². The van der Waals surface area contributed by atoms with E-state index in [1.54, 1.807) is 14.1 Å². The fraction of sp³-hybridized carbons (Fsp3) is 0.875. The van der Waals surface area contributed by atoms with Crippen LogP contribution in [-0.4, -0.2) is 75.7 Å². The number of ether oxygens (including phenoxy) is 2. The summed E-state index contributed by atoms with van der Waals surface area (Å²) in [5.41, 5.74) is 0. The van der Waals surface area contributed by atoms with Gasteiger partial charge in [-0.15, -0.1) is 0 Å². The Balaban J connectivity index is 0.000000240. The van der Waals surface area contributed by atoms with Crippen LogP contribution < -0.4 is 10.6 Å². The van der Waals surface area contributed by atoms with Crippen LogP contribution in [-0.2, 0) is 19.1 Å². The predicted molar refractivity (Wildman–Crippen MR) is 90.8 cm³/mol. The van der Waals surface area contributed by atoms with E-state index in [9.17, 15) is 9.59 Å². The number of carbonyl (C=O) groups is 2. The van der Waals surface area contributed by atoms with Gasteiger partial charge < -0.3 is 9.47 Å². The smallest absolute Gasteiger partial charge is 0.295 e. The summed E-state index contributed by atoms with van der Waals surface area (Å²) in [5.74, 6) is 0. The molecule has 8 heteroatoms. The van der Waals surface area contributed by atoms with Crippen molar-refractivity contribution >= 4 is 12.9 Å². The summed E-state index contributed by atoms with van der Waals surface area (Å²) in [6.45, 7) is 5.04. The van der Waals surface area contributed by atoms with Crippen molar-refractivity contribution in [2.45, 2.75) is 51.2 Å². The Morgan fingerprint density at radius 3 is 1.29 bits per heavy atom. The predicted octanol–water partition coefficient (Wildman–Crippen LogP) is 0.297. The molecule has 2 heterocycles. The van der Waals surface area contributed by atoms with Crippen molar-refractivity contribution in [2.75, 3.05) is 40.3 Å². The van der Waals surface area contributed by atoms with E-state index in [1.165, 1.54) is 38.5 Å². The van der Waals surface area contributed by atoms with Gasteiger partial charge in [0, 0.05) is 26.2 Å². The number of hydrogen-bond acceptors (Lipinski definition) is 8. The van der Waals surface area contributed by atoms with E-state index < -0.39 is 0 Å². The molecule has 2 unspecified atom stereocenters. The van der Waals surface area contributed by atoms with E-state index in [0.29, 0.717) is 12.9 Å². The molecule has 2 rings (SSSR count). The molecular formula is C16H32N4O4. The topological polar surface area (TPSA) is 83.1 Å². The fourth-order valence-corrected chi connectivity index (χ4v) is 3.08. The van der Waals surface area contributed by atoms with E-state index in [-0.39, 0.29) is 12.7 Å². The van der Waals surface area contributed by atoms with Gasteiger partial charge in [0.25, 0.3) is 12.9 Å². The molecule has 2 fully saturated rings. The van der Waals surface area contributed by atoms with Crippen molar-refractivity contribution in [2.24, 2.45) is 0 Å². The van der Waals surface area contributed by atoms with Gasteiger partial charge in [-0.25, -0.2) is 0 Å². The van der Waals surface area contributed by atoms with Crippen molar-refractivity contribution in [3.63, 3.8) is 0 Å². The average molecular weight is 344 g/mol. The molecule has 140 valence electrons. The third kappa shape index (κ3) is 7.57. The van der Waals surface area contributed by atoms with Gasteiger partial charge in [-0.1, -0.05) is 12.8 Å². The standard InChI is InChI=1S/2C8H16N2O2/c2*1-9-8(12-7-11)10-5-3-2-4-6-10/h2*7-9H,2-6H2,1H3. The number of nitrogens with zero attached hydrogens (tertiary/aromatic N) is 2. The van der Waals surface area contributed by atoms with E-state index in [1.807, 2.05) is 0 Å². The lowest BCUT2D eigenvalue weighted by Gasteiger charge is -2.32. The van der Waals surface area contributed by atoms with Crippen LogP contribution in [0.2, 0.25) is 0 Å². The fourth-order valence-electron chi connectivity index (χ4n) is 3.08. The molecule has 2 aliphatic rings. The zero-order valence-corrected chi connectivity index (χ0v) is 14.9. The molecule has 0 saturated carbocycles. The highest BCUT2D eigenvalue weighted by molar-refractivity contribution is 5.37. The van der Waals surface area contributed by atoms with Gasteiger partial charge in [-0.3, -0.25) is 30.0 Å². The third-order valence-corrected chi connectivity index (χ3v) is 4.31. The lowest BCUT2D eigenvalue weighted by atomic mass is 10.1. The first kappa shape index (κ1) is 20.8. The van der Waals surface area contributed by atoms with E-state index in [4.69, 9.17) is 9.47 Å². The molecule has 0 aliphatic carbocycles. The minimum Gasteiger partial charge on any atom is -0.435 e. The van der Waals surface area contributed by atoms with Crippen LogP contribution in [0.15, 0.2) is 0 Å². The number of rotatable bonds is 8. The summed E-state index contributed by atoms with van der Waals surface area (Å²) in [6, 6.07) is 0. The molecular weight excluding hydrogens is 312 g/mol. The Hall–Kier alpha value is -1.22. The SMILES string of the molecule is CNC(OC=O)N1CCCCC1.CNC(OC=O)N1CCCCC1. The Bertz CT molecular complexity index is 302. The summed E-state index contributed by atoms with van der Waals surface area (Å²) in [7, 11) is 3.59. The minimum atomic E-state index is -0.234. The van der Waals surface area contributed by atoms with Crippen molar-refractivity contribution in [3.8, 4) is 0 Å². The molecule has 2 atom stereocenters. The molecule has 2 aliphatic heterocycles. The largest absolute Gasteiger partial charge is 0.435 e. The second-order valence-corrected chi connectivity index (χ2v) is 5.94. The number of carbonyl (C=O) groups excluding carboxylic acids is 2. The quantitative estimate of drug-likeness (QED) is 0.480. The van der Waals surface area contributed by atoms with Gasteiger partial charge in [-0.05, 0) is 39.8 Å². The lowest BCUT2D eigenvalue weighted by molar-refractivity contribution is -0.148. The highest BCUT2D eigenvalue weighted by Gasteiger charge is 2.20. The second-order valence-electron chi connectivity index (χ2n) is 5.94. The average Bonchev–Trinajstić information content (AvgIpc) is 2.66. The van der Waals surface area contributed by atoms with Crippen molar-refractivity contribution in [3.05, 3.63) is 0 Å². The molecule has 0 aromatic rings. The molecule has 2 saturated heterocycles. The zero-order chi connectivity index (χ0) is 17.6. The summed E-state index contributed by atoms with van der Waals surface area (Å²) in [4.78, 5) is 24.5. The molecule has 0 bridgehead atoms. The van der Waals surface area contributed by atoms with Crippen LogP contribution >= 0.6 is 0 Å². The lowest BCUT2D eigenvalue weighted by Crippen LogP contribution is -2.48. The van der Waals surface area contributed by atoms with Gasteiger partial charge >= 0.3 is 0 Å². The van der Waals surface area contributed by atoms with E-state index in [2.05, 4.69) is 20.4 Å². The molecule has 0 aromatic heterocycles. The maximum absolute atomic E-state index is 10.1. The Morgan fingerprint density at radius 1 is 0.708 bits per heavy atom. The summed E-state index contributed by atoms with van der Waals surface area (Å²) >= 11 is 0. The van der Waals surface area contributed by atoms with Crippen molar-refractivity contribution < 1.29 is 19.1 Å². The van der Waals surface area contributed by atoms with Gasteiger partial charge in [0.1, 0.15) is 0 Å². The Kier molecular flexibility index (Phi) is 11.4. The Morgan fingerprint density at radius 2 is 1.04 bits per heavy atom. The maximum Gasteiger partial charge on any atom is 0.295 e. The highest BCUT2D eigenvalue weighted by Crippen LogP contribution is 2.11. The first-order chi connectivity index (χ1) is 11.8. The molecule has 0 aromatic carbocycles. The monoisotopic (exact) mass is 344 g/mol. The van der Waals surface area contributed by atoms with E-state index >= 15 is 0 Å². The van der Waals surface area contributed by atoms with Gasteiger partial charge in [-0.2, -0.15) is 0 Å². The molecule has 0 radical (unpaired) electrons. The number of hydrogen-bond donors (Lipinski definition) is 2. The normalized spacial score (nSPS) is 21.8. The summed E-state index contributed by atoms with van der Waals surface area (Å²) in [6.07, 6.45) is 6.88. The molecule has 0 spiro atoms. The molecule has 8 nitrogen and oxygen atoms in total. The maximum atomic E-state index is 10.1. The first-order valence-corrected chi connectivity index (χ1v) is 8.77. The van der Waals surface area contributed by atoms with Crippen LogP contribution in [0, 0.1) is 0 Å². The number of nitrogens with one attached hydrogen (secondary N) is 2. The molecule has 0 amide bonds. The Labute approximate surface area is 144 Å². The van der Waals surface area contributed by atoms with Crippen LogP contribution in [0.3, 0.4) is 0 Å². The van der Waals surface area contributed by atoms with Crippen LogP contribution in [0.1, 0.15) is 38.5 Å². The molecule has 24 heavy (non-hydrogen) atoms. The zero-order valence-electron chi connectivity index (χ0n) is 14.9.